The van der Waals surface area contributed by atoms with Crippen LogP contribution in [0.1, 0.15) is 0 Å². The van der Waals surface area contributed by atoms with Crippen molar-refractivity contribution in [2.24, 2.45) is 0 Å². The van der Waals surface area contributed by atoms with Crippen LogP contribution in [0.25, 0.3) is 109 Å². The molecule has 0 aliphatic heterocycles. The summed E-state index contributed by atoms with van der Waals surface area (Å²) < 4.78 is 2.55. The number of nitrogens with zero attached hydrogens (tertiary/aromatic N) is 3. The summed E-state index contributed by atoms with van der Waals surface area (Å²) in [6, 6.07) is 70.7. The van der Waals surface area contributed by atoms with Crippen molar-refractivity contribution in [3.8, 4) is 67.4 Å². The molecule has 0 aliphatic carbocycles. The molecule has 0 saturated heterocycles. The van der Waals surface area contributed by atoms with Crippen molar-refractivity contribution in [2.75, 3.05) is 0 Å². The van der Waals surface area contributed by atoms with Gasteiger partial charge in [0.15, 0.2) is 5.82 Å². The molecule has 0 amide bonds. The number of aromatic nitrogens is 3. The van der Waals surface area contributed by atoms with Gasteiger partial charge < -0.3 is 0 Å². The number of hydrogen-bond acceptors (Lipinski definition) is 4. The second-order valence-corrected chi connectivity index (χ2v) is 15.5. The first-order valence-corrected chi connectivity index (χ1v) is 20.0. The standard InChI is InChI=1S/C53H33N3S/c1-4-14-34(15-5-1)37-20-12-22-39(30-37)46-33-47(56-53(55-46)41-23-13-21-38(31-41)35-16-6-2-7-17-35)40-26-28-45-44(32-40)50-43(52(54-45)36-18-8-3-9-19-36)27-29-49-51(50)42-24-10-11-25-48(42)57-49/h1-33H. The molecular formula is C53H33N3S. The van der Waals surface area contributed by atoms with Gasteiger partial charge in [-0.3, -0.25) is 0 Å². The van der Waals surface area contributed by atoms with E-state index in [1.54, 1.807) is 0 Å². The average Bonchev–Trinajstić information content (AvgIpc) is 3.68. The second-order valence-electron chi connectivity index (χ2n) is 14.4. The molecule has 0 bridgehead atoms. The highest BCUT2D eigenvalue weighted by Crippen LogP contribution is 2.44. The van der Waals surface area contributed by atoms with Gasteiger partial charge in [-0.25, -0.2) is 15.0 Å². The Hall–Kier alpha value is -7.27. The Balaban J connectivity index is 1.16. The van der Waals surface area contributed by atoms with E-state index in [0.717, 1.165) is 72.3 Å². The summed E-state index contributed by atoms with van der Waals surface area (Å²) >= 11 is 1.84. The predicted molar refractivity (Wildman–Crippen MR) is 240 cm³/mol. The van der Waals surface area contributed by atoms with Crippen LogP contribution in [0.2, 0.25) is 0 Å². The Morgan fingerprint density at radius 1 is 0.298 bits per heavy atom. The molecule has 3 nitrogen and oxygen atoms in total. The zero-order valence-electron chi connectivity index (χ0n) is 30.8. The van der Waals surface area contributed by atoms with Gasteiger partial charge in [-0.2, -0.15) is 0 Å². The number of benzene rings is 8. The van der Waals surface area contributed by atoms with E-state index >= 15 is 0 Å². The Kier molecular flexibility index (Phi) is 8.01. The Labute approximate surface area is 334 Å². The van der Waals surface area contributed by atoms with E-state index in [1.165, 1.54) is 31.1 Å². The Bertz CT molecular complexity index is 3180. The van der Waals surface area contributed by atoms with Crippen molar-refractivity contribution in [3.63, 3.8) is 0 Å². The highest BCUT2D eigenvalue weighted by atomic mass is 32.1. The van der Waals surface area contributed by atoms with Gasteiger partial charge in [0.1, 0.15) is 0 Å². The first-order valence-electron chi connectivity index (χ1n) is 19.2. The fourth-order valence-electron chi connectivity index (χ4n) is 8.11. The fraction of sp³-hybridized carbons (Fsp3) is 0. The van der Waals surface area contributed by atoms with Gasteiger partial charge in [-0.15, -0.1) is 11.3 Å². The van der Waals surface area contributed by atoms with E-state index in [2.05, 4.69) is 194 Å². The largest absolute Gasteiger partial charge is 0.247 e. The summed E-state index contributed by atoms with van der Waals surface area (Å²) in [5.74, 6) is 0.680. The van der Waals surface area contributed by atoms with Crippen molar-refractivity contribution >= 4 is 53.2 Å². The number of pyridine rings is 1. The summed E-state index contributed by atoms with van der Waals surface area (Å²) in [5, 5.41) is 6.01. The van der Waals surface area contributed by atoms with Crippen molar-refractivity contribution in [2.45, 2.75) is 0 Å². The maximum Gasteiger partial charge on any atom is 0.160 e. The van der Waals surface area contributed by atoms with Crippen LogP contribution in [0.4, 0.5) is 0 Å². The summed E-state index contributed by atoms with van der Waals surface area (Å²) in [5.41, 5.74) is 12.4. The van der Waals surface area contributed by atoms with E-state index in [0.29, 0.717) is 5.82 Å². The van der Waals surface area contributed by atoms with Crippen LogP contribution in [0, 0.1) is 0 Å². The normalized spacial score (nSPS) is 11.5. The van der Waals surface area contributed by atoms with Crippen LogP contribution >= 0.6 is 11.3 Å². The minimum Gasteiger partial charge on any atom is -0.247 e. The smallest absolute Gasteiger partial charge is 0.160 e. The topological polar surface area (TPSA) is 38.7 Å². The van der Waals surface area contributed by atoms with Crippen LogP contribution in [0.5, 0.6) is 0 Å². The second kappa shape index (κ2) is 13.8. The molecule has 266 valence electrons. The number of fused-ring (bicyclic) bond motifs is 7. The lowest BCUT2D eigenvalue weighted by atomic mass is 9.94. The molecule has 0 spiro atoms. The Morgan fingerprint density at radius 3 is 1.56 bits per heavy atom. The molecule has 0 fully saturated rings. The van der Waals surface area contributed by atoms with Crippen LogP contribution in [0.3, 0.4) is 0 Å². The zero-order chi connectivity index (χ0) is 37.7. The van der Waals surface area contributed by atoms with Crippen molar-refractivity contribution in [1.29, 1.82) is 0 Å². The SMILES string of the molecule is c1ccc(-c2cccc(-c3cc(-c4ccc5nc(-c6ccccc6)c6ccc7sc8ccccc8c7c6c5c4)nc(-c4cccc(-c5ccccc5)c4)n3)c2)cc1. The van der Waals surface area contributed by atoms with Crippen molar-refractivity contribution in [3.05, 3.63) is 200 Å². The van der Waals surface area contributed by atoms with Gasteiger partial charge in [0.05, 0.1) is 22.6 Å². The van der Waals surface area contributed by atoms with E-state index in [4.69, 9.17) is 15.0 Å². The number of thiophene rings is 1. The van der Waals surface area contributed by atoms with Gasteiger partial charge in [-0.05, 0) is 64.7 Å². The molecule has 0 atom stereocenters. The van der Waals surface area contributed by atoms with Crippen LogP contribution in [-0.2, 0) is 0 Å². The minimum absolute atomic E-state index is 0.680. The van der Waals surface area contributed by atoms with Gasteiger partial charge in [0.25, 0.3) is 0 Å². The lowest BCUT2D eigenvalue weighted by Crippen LogP contribution is -1.97. The number of rotatable bonds is 6. The maximum absolute atomic E-state index is 5.36. The lowest BCUT2D eigenvalue weighted by Gasteiger charge is -2.14. The first kappa shape index (κ1) is 33.1. The molecule has 0 N–H and O–H groups in total. The molecule has 3 heterocycles. The van der Waals surface area contributed by atoms with Crippen molar-refractivity contribution < 1.29 is 0 Å². The minimum atomic E-state index is 0.680. The molecule has 0 radical (unpaired) electrons. The number of hydrogen-bond donors (Lipinski definition) is 0. The average molecular weight is 744 g/mol. The van der Waals surface area contributed by atoms with E-state index < -0.39 is 0 Å². The highest BCUT2D eigenvalue weighted by Gasteiger charge is 2.18. The maximum atomic E-state index is 5.36. The summed E-state index contributed by atoms with van der Waals surface area (Å²) in [4.78, 5) is 16.0. The zero-order valence-corrected chi connectivity index (χ0v) is 31.6. The third-order valence-corrected chi connectivity index (χ3v) is 12.0. The van der Waals surface area contributed by atoms with E-state index in [-0.39, 0.29) is 0 Å². The molecule has 8 aromatic carbocycles. The van der Waals surface area contributed by atoms with Gasteiger partial charge in [0, 0.05) is 58.6 Å². The molecule has 11 rings (SSSR count). The molecule has 0 saturated carbocycles. The molecule has 57 heavy (non-hydrogen) atoms. The molecule has 11 aromatic rings. The monoisotopic (exact) mass is 743 g/mol. The van der Waals surface area contributed by atoms with Gasteiger partial charge >= 0.3 is 0 Å². The molecule has 3 aromatic heterocycles. The molecule has 0 aliphatic rings. The van der Waals surface area contributed by atoms with Crippen LogP contribution in [-0.4, -0.2) is 15.0 Å². The third-order valence-electron chi connectivity index (χ3n) is 10.9. The van der Waals surface area contributed by atoms with Crippen LogP contribution < -0.4 is 0 Å². The third kappa shape index (κ3) is 5.95. The quantitative estimate of drug-likeness (QED) is 0.159. The molecule has 4 heteroatoms. The van der Waals surface area contributed by atoms with Crippen LogP contribution in [0.15, 0.2) is 200 Å². The predicted octanol–water partition coefficient (Wildman–Crippen LogP) is 14.5. The summed E-state index contributed by atoms with van der Waals surface area (Å²) in [7, 11) is 0. The fourth-order valence-corrected chi connectivity index (χ4v) is 9.23. The van der Waals surface area contributed by atoms with E-state index in [9.17, 15) is 0 Å². The van der Waals surface area contributed by atoms with Gasteiger partial charge in [-0.1, -0.05) is 158 Å². The first-order chi connectivity index (χ1) is 28.2. The van der Waals surface area contributed by atoms with E-state index in [1.807, 2.05) is 17.4 Å². The van der Waals surface area contributed by atoms with Crippen molar-refractivity contribution in [1.82, 2.24) is 15.0 Å². The summed E-state index contributed by atoms with van der Waals surface area (Å²) in [6.45, 7) is 0. The summed E-state index contributed by atoms with van der Waals surface area (Å²) in [6.07, 6.45) is 0. The lowest BCUT2D eigenvalue weighted by molar-refractivity contribution is 1.18. The molecular weight excluding hydrogens is 711 g/mol. The Morgan fingerprint density at radius 2 is 0.860 bits per heavy atom. The highest BCUT2D eigenvalue weighted by molar-refractivity contribution is 7.26. The molecule has 0 unspecified atom stereocenters. The van der Waals surface area contributed by atoms with Gasteiger partial charge in [0.2, 0.25) is 0 Å².